The molecule has 0 spiro atoms. The van der Waals surface area contributed by atoms with Crippen LogP contribution in [0, 0.1) is 47.4 Å². The number of ether oxygens (including phenoxy) is 6. The summed E-state index contributed by atoms with van der Waals surface area (Å²) in [5.74, 6) is 24.3. The van der Waals surface area contributed by atoms with E-state index in [1.807, 2.05) is 109 Å². The van der Waals surface area contributed by atoms with Crippen molar-refractivity contribution < 1.29 is 38.0 Å². The first kappa shape index (κ1) is 65.8. The van der Waals surface area contributed by atoms with Crippen molar-refractivity contribution >= 4 is 11.9 Å². The van der Waals surface area contributed by atoms with E-state index in [1.165, 1.54) is 22.3 Å². The summed E-state index contributed by atoms with van der Waals surface area (Å²) < 4.78 is 37.8. The van der Waals surface area contributed by atoms with Crippen LogP contribution in [0.5, 0.6) is 23.0 Å². The SMILES string of the molecule is CC(C)(C)c1ccc(COc2cc(OCc3ccc(C(C)(C)C)cc3)cc(C(=O)OC/C(C#CC#Cc3ccccc3)=C(\C#CC#Cc3ccccc3)COC(=O)c3cc(OCc4ccc(C(C)(C)C)cc4)cc(OCc4ccc(C(C)(C)C)cc4)c3)c2)cc1. The Hall–Kier alpha value is -10.1. The summed E-state index contributed by atoms with van der Waals surface area (Å²) >= 11 is 0. The molecule has 8 aromatic carbocycles. The highest BCUT2D eigenvalue weighted by Crippen LogP contribution is 2.31. The Morgan fingerprint density at radius 3 is 0.822 bits per heavy atom. The first-order valence-corrected chi connectivity index (χ1v) is 30.3. The largest absolute Gasteiger partial charge is 0.489 e. The van der Waals surface area contributed by atoms with E-state index in [4.69, 9.17) is 28.4 Å². The van der Waals surface area contributed by atoms with E-state index in [-0.39, 0.29) is 83.6 Å². The number of hydrogen-bond donors (Lipinski definition) is 0. The first-order valence-electron chi connectivity index (χ1n) is 30.3. The maximum atomic E-state index is 14.5. The van der Waals surface area contributed by atoms with Gasteiger partial charge in [-0.25, -0.2) is 9.59 Å². The normalized spacial score (nSPS) is 11.5. The molecule has 0 radical (unpaired) electrons. The van der Waals surface area contributed by atoms with Crippen LogP contribution in [0.4, 0.5) is 0 Å². The van der Waals surface area contributed by atoms with Crippen LogP contribution in [0.3, 0.4) is 0 Å². The molecule has 0 saturated heterocycles. The molecular weight excluding hydrogens is 1110 g/mol. The molecule has 0 heterocycles. The van der Waals surface area contributed by atoms with Crippen LogP contribution in [-0.2, 0) is 57.6 Å². The van der Waals surface area contributed by atoms with Gasteiger partial charge in [0.2, 0.25) is 0 Å². The summed E-state index contributed by atoms with van der Waals surface area (Å²) in [5.41, 5.74) is 10.9. The zero-order valence-electron chi connectivity index (χ0n) is 54.0. The number of benzene rings is 8. The summed E-state index contributed by atoms with van der Waals surface area (Å²) in [6.07, 6.45) is 0. The van der Waals surface area contributed by atoms with Gasteiger partial charge < -0.3 is 28.4 Å². The highest BCUT2D eigenvalue weighted by atomic mass is 16.5. The molecule has 0 aliphatic carbocycles. The monoisotopic (exact) mass is 1190 g/mol. The van der Waals surface area contributed by atoms with E-state index in [9.17, 15) is 9.59 Å². The number of carbonyl (C=O) groups excluding carboxylic acids is 2. The molecule has 8 heteroatoms. The van der Waals surface area contributed by atoms with Gasteiger partial charge in [0.1, 0.15) is 62.6 Å². The number of rotatable bonds is 18. The van der Waals surface area contributed by atoms with Crippen LogP contribution in [0.2, 0.25) is 0 Å². The van der Waals surface area contributed by atoms with Crippen molar-refractivity contribution in [2.75, 3.05) is 13.2 Å². The van der Waals surface area contributed by atoms with Gasteiger partial charge in [-0.1, -0.05) is 240 Å². The van der Waals surface area contributed by atoms with Crippen molar-refractivity contribution in [2.45, 2.75) is 131 Å². The molecule has 0 aromatic heterocycles. The topological polar surface area (TPSA) is 89.5 Å². The fourth-order valence-corrected chi connectivity index (χ4v) is 9.09. The Kier molecular flexibility index (Phi) is 22.1. The molecule has 0 aliphatic rings. The van der Waals surface area contributed by atoms with Crippen molar-refractivity contribution in [1.82, 2.24) is 0 Å². The van der Waals surface area contributed by atoms with Crippen molar-refractivity contribution in [2.24, 2.45) is 0 Å². The van der Waals surface area contributed by atoms with Crippen LogP contribution in [0.15, 0.2) is 205 Å². The number of hydrogen-bond acceptors (Lipinski definition) is 8. The molecule has 0 unspecified atom stereocenters. The van der Waals surface area contributed by atoms with E-state index < -0.39 is 11.9 Å². The Bertz CT molecular complexity index is 3620. The van der Waals surface area contributed by atoms with E-state index in [1.54, 1.807) is 36.4 Å². The maximum Gasteiger partial charge on any atom is 0.338 e. The summed E-state index contributed by atoms with van der Waals surface area (Å²) in [4.78, 5) is 29.1. The Labute approximate surface area is 534 Å². The van der Waals surface area contributed by atoms with Crippen LogP contribution in [-0.4, -0.2) is 25.2 Å². The van der Waals surface area contributed by atoms with Crippen molar-refractivity contribution in [3.8, 4) is 70.4 Å². The predicted molar refractivity (Wildman–Crippen MR) is 361 cm³/mol. The molecule has 0 atom stereocenters. The van der Waals surface area contributed by atoms with Gasteiger partial charge in [-0.15, -0.1) is 0 Å². The Morgan fingerprint density at radius 1 is 0.322 bits per heavy atom. The number of carbonyl (C=O) groups is 2. The lowest BCUT2D eigenvalue weighted by Crippen LogP contribution is -2.13. The van der Waals surface area contributed by atoms with Gasteiger partial charge in [-0.05, 0) is 138 Å². The molecule has 8 aromatic rings. The molecule has 0 N–H and O–H groups in total. The average Bonchev–Trinajstić information content (AvgIpc) is 3.31. The van der Waals surface area contributed by atoms with Crippen molar-refractivity contribution in [1.29, 1.82) is 0 Å². The molecule has 90 heavy (non-hydrogen) atoms. The summed E-state index contributed by atoms with van der Waals surface area (Å²) in [6, 6.07) is 62.1. The third-order valence-electron chi connectivity index (χ3n) is 14.7. The fourth-order valence-electron chi connectivity index (χ4n) is 9.09. The Balaban J connectivity index is 1.12. The molecular formula is C82H80O8. The van der Waals surface area contributed by atoms with Crippen LogP contribution in [0.1, 0.15) is 159 Å². The smallest absolute Gasteiger partial charge is 0.338 e. The fraction of sp³-hybridized carbons (Fsp3) is 0.268. The van der Waals surface area contributed by atoms with Gasteiger partial charge >= 0.3 is 11.9 Å². The highest BCUT2D eigenvalue weighted by molar-refractivity contribution is 5.91. The molecule has 0 fully saturated rings. The summed E-state index contributed by atoms with van der Waals surface area (Å²) in [7, 11) is 0. The van der Waals surface area contributed by atoms with Gasteiger partial charge in [-0.2, -0.15) is 0 Å². The average molecular weight is 1190 g/mol. The second-order valence-corrected chi connectivity index (χ2v) is 26.2. The van der Waals surface area contributed by atoms with Crippen LogP contribution >= 0.6 is 0 Å². The number of esters is 2. The molecule has 8 rings (SSSR count). The third kappa shape index (κ3) is 20.5. The van der Waals surface area contributed by atoms with Crippen LogP contribution < -0.4 is 18.9 Å². The second-order valence-electron chi connectivity index (χ2n) is 26.2. The van der Waals surface area contributed by atoms with Gasteiger partial charge in [0.15, 0.2) is 0 Å². The minimum atomic E-state index is -0.697. The third-order valence-corrected chi connectivity index (χ3v) is 14.7. The lowest BCUT2D eigenvalue weighted by molar-refractivity contribution is 0.0517. The molecule has 8 nitrogen and oxygen atoms in total. The van der Waals surface area contributed by atoms with Crippen molar-refractivity contribution in [3.63, 3.8) is 0 Å². The molecule has 0 amide bonds. The van der Waals surface area contributed by atoms with Gasteiger partial charge in [0.05, 0.1) is 22.3 Å². The summed E-state index contributed by atoms with van der Waals surface area (Å²) in [5, 5.41) is 0. The predicted octanol–water partition coefficient (Wildman–Crippen LogP) is 17.6. The van der Waals surface area contributed by atoms with Crippen LogP contribution in [0.25, 0.3) is 0 Å². The quantitative estimate of drug-likeness (QED) is 0.0620. The Morgan fingerprint density at radius 2 is 0.578 bits per heavy atom. The zero-order chi connectivity index (χ0) is 64.3. The van der Waals surface area contributed by atoms with Gasteiger partial charge in [-0.3, -0.25) is 0 Å². The van der Waals surface area contributed by atoms with E-state index in [0.29, 0.717) is 23.0 Å². The van der Waals surface area contributed by atoms with Gasteiger partial charge in [0.25, 0.3) is 0 Å². The summed E-state index contributed by atoms with van der Waals surface area (Å²) in [6.45, 7) is 26.3. The lowest BCUT2D eigenvalue weighted by atomic mass is 9.87. The lowest BCUT2D eigenvalue weighted by Gasteiger charge is -2.19. The van der Waals surface area contributed by atoms with E-state index >= 15 is 0 Å². The molecule has 0 aliphatic heterocycles. The van der Waals surface area contributed by atoms with Crippen molar-refractivity contribution in [3.05, 3.63) is 272 Å². The minimum Gasteiger partial charge on any atom is -0.489 e. The zero-order valence-corrected chi connectivity index (χ0v) is 54.0. The highest BCUT2D eigenvalue weighted by Gasteiger charge is 2.20. The van der Waals surface area contributed by atoms with E-state index in [0.717, 1.165) is 33.4 Å². The molecule has 456 valence electrons. The molecule has 0 saturated carbocycles. The van der Waals surface area contributed by atoms with Gasteiger partial charge in [0, 0.05) is 23.3 Å². The maximum absolute atomic E-state index is 14.5. The van der Waals surface area contributed by atoms with E-state index in [2.05, 4.69) is 179 Å². The first-order chi connectivity index (χ1) is 42.9. The minimum absolute atomic E-state index is 0.0120. The second kappa shape index (κ2) is 30.2. The standard InChI is InChI=1S/C82H80O8/c1-79(2,3)69-39-31-61(32-40-69)53-85-73-47-67(48-74(51-73)86-54-62-33-41-70(42-34-62)80(4,5)6)77(83)89-57-65(29-21-19-27-59-23-15-13-16-24-59)66(30-22-20-28-60-25-17-14-18-26-60)58-90-78(84)68-49-75(87-55-63-35-43-71(44-36-63)81(7,8)9)52-76(50-68)88-56-64-37-45-72(46-38-64)82(10,11)12/h13-18,23-26,31-52H,53-58H2,1-12H3/b66-65+. The molecule has 0 bridgehead atoms.